The minimum Gasteiger partial charge on any atom is -0.454 e. The van der Waals surface area contributed by atoms with Gasteiger partial charge in [0.2, 0.25) is 5.91 Å². The summed E-state index contributed by atoms with van der Waals surface area (Å²) in [5.74, 6) is -1.96. The van der Waals surface area contributed by atoms with Crippen LogP contribution in [0.1, 0.15) is 42.1 Å². The molecule has 0 aliphatic carbocycles. The first-order valence-electron chi connectivity index (χ1n) is 8.85. The lowest BCUT2D eigenvalue weighted by Gasteiger charge is -2.33. The Morgan fingerprint density at radius 2 is 1.96 bits per heavy atom. The van der Waals surface area contributed by atoms with Gasteiger partial charge in [-0.25, -0.2) is 0 Å². The molecule has 0 N–H and O–H groups in total. The lowest BCUT2D eigenvalue weighted by atomic mass is 9.98. The molecule has 1 fully saturated rings. The van der Waals surface area contributed by atoms with E-state index < -0.39 is 24.3 Å². The quantitative estimate of drug-likeness (QED) is 0.596. The van der Waals surface area contributed by atoms with Gasteiger partial charge in [-0.2, -0.15) is 0 Å². The van der Waals surface area contributed by atoms with Crippen LogP contribution in [0.2, 0.25) is 0 Å². The predicted octanol–water partition coefficient (Wildman–Crippen LogP) is 1.16. The molecule has 26 heavy (non-hydrogen) atoms. The highest BCUT2D eigenvalue weighted by Crippen LogP contribution is 2.20. The average molecular weight is 358 g/mol. The van der Waals surface area contributed by atoms with E-state index in [0.717, 1.165) is 24.2 Å². The zero-order valence-corrected chi connectivity index (χ0v) is 14.8. The molecule has 1 saturated heterocycles. The number of nitrogens with zero attached hydrogens (tertiary/aromatic N) is 2. The lowest BCUT2D eigenvalue weighted by molar-refractivity contribution is -0.155. The molecule has 3 amide bonds. The summed E-state index contributed by atoms with van der Waals surface area (Å²) in [6.45, 7) is 1.80. The maximum absolute atomic E-state index is 12.4. The fourth-order valence-corrected chi connectivity index (χ4v) is 3.43. The number of ether oxygens (including phenoxy) is 1. The van der Waals surface area contributed by atoms with Gasteiger partial charge in [0.15, 0.2) is 6.61 Å². The van der Waals surface area contributed by atoms with Crippen molar-refractivity contribution in [3.05, 3.63) is 35.4 Å². The largest absolute Gasteiger partial charge is 0.454 e. The number of piperidine rings is 1. The van der Waals surface area contributed by atoms with Gasteiger partial charge in [-0.3, -0.25) is 24.1 Å². The highest BCUT2D eigenvalue weighted by molar-refractivity contribution is 6.11. The van der Waals surface area contributed by atoms with Crippen LogP contribution < -0.4 is 0 Å². The summed E-state index contributed by atoms with van der Waals surface area (Å²) >= 11 is 0. The Bertz CT molecular complexity index is 745. The first-order chi connectivity index (χ1) is 12.5. The first kappa shape index (κ1) is 18.1. The Labute approximate surface area is 151 Å². The van der Waals surface area contributed by atoms with Crippen LogP contribution in [0.25, 0.3) is 0 Å². The van der Waals surface area contributed by atoms with E-state index in [9.17, 15) is 19.2 Å². The molecule has 0 saturated carbocycles. The topological polar surface area (TPSA) is 84.0 Å². The molecule has 1 atom stereocenters. The Kier molecular flexibility index (Phi) is 5.35. The van der Waals surface area contributed by atoms with E-state index in [2.05, 4.69) is 0 Å². The number of amides is 3. The van der Waals surface area contributed by atoms with Gasteiger partial charge in [0.25, 0.3) is 11.8 Å². The Hall–Kier alpha value is -2.70. The van der Waals surface area contributed by atoms with Crippen molar-refractivity contribution in [1.82, 2.24) is 9.80 Å². The maximum Gasteiger partial charge on any atom is 0.326 e. The van der Waals surface area contributed by atoms with Crippen molar-refractivity contribution < 1.29 is 23.9 Å². The minimum atomic E-state index is -0.760. The Morgan fingerprint density at radius 1 is 1.19 bits per heavy atom. The molecule has 0 radical (unpaired) electrons. The third-order valence-electron chi connectivity index (χ3n) is 4.90. The van der Waals surface area contributed by atoms with Gasteiger partial charge >= 0.3 is 5.97 Å². The van der Waals surface area contributed by atoms with Crippen molar-refractivity contribution in [2.45, 2.75) is 38.6 Å². The molecule has 7 heteroatoms. The molecular weight excluding hydrogens is 336 g/mol. The number of carbonyl (C=O) groups is 4. The second-order valence-corrected chi connectivity index (χ2v) is 6.71. The third kappa shape index (κ3) is 3.76. The molecule has 0 spiro atoms. The zero-order valence-electron chi connectivity index (χ0n) is 14.8. The highest BCUT2D eigenvalue weighted by atomic mass is 16.5. The van der Waals surface area contributed by atoms with Gasteiger partial charge in [0, 0.05) is 18.2 Å². The molecule has 0 bridgehead atoms. The summed E-state index contributed by atoms with van der Waals surface area (Å²) in [5, 5.41) is 0. The number of likely N-dealkylation sites (tertiary alicyclic amines) is 1. The van der Waals surface area contributed by atoms with Gasteiger partial charge in [-0.1, -0.05) is 18.2 Å². The summed E-state index contributed by atoms with van der Waals surface area (Å²) in [5.41, 5.74) is 1.07. The second kappa shape index (κ2) is 7.68. The van der Waals surface area contributed by atoms with Gasteiger partial charge in [-0.05, 0) is 37.8 Å². The standard InChI is InChI=1S/C19H22N2O5/c1-13-6-4-5-9-20(13)17(23)12-26-18(24)11-21-16(22)10-14-7-2-3-8-15(14)19(21)25/h2-3,7-8,13H,4-6,9-12H2,1H3/t13-/m0/s1. The minimum absolute atomic E-state index is 0.0689. The number of rotatable bonds is 4. The maximum atomic E-state index is 12.4. The molecule has 1 aromatic rings. The van der Waals surface area contributed by atoms with Crippen molar-refractivity contribution in [2.24, 2.45) is 0 Å². The molecule has 2 aliphatic heterocycles. The van der Waals surface area contributed by atoms with Crippen molar-refractivity contribution in [3.8, 4) is 0 Å². The van der Waals surface area contributed by atoms with E-state index in [-0.39, 0.29) is 25.0 Å². The van der Waals surface area contributed by atoms with Crippen molar-refractivity contribution in [1.29, 1.82) is 0 Å². The van der Waals surface area contributed by atoms with Gasteiger partial charge in [0.05, 0.1) is 6.42 Å². The van der Waals surface area contributed by atoms with Gasteiger partial charge in [0.1, 0.15) is 6.54 Å². The second-order valence-electron chi connectivity index (χ2n) is 6.71. The van der Waals surface area contributed by atoms with Crippen molar-refractivity contribution in [3.63, 3.8) is 0 Å². The number of esters is 1. The molecule has 7 nitrogen and oxygen atoms in total. The number of hydrogen-bond donors (Lipinski definition) is 0. The van der Waals surface area contributed by atoms with E-state index in [4.69, 9.17) is 4.74 Å². The van der Waals surface area contributed by atoms with Crippen LogP contribution in [0.4, 0.5) is 0 Å². The van der Waals surface area contributed by atoms with Gasteiger partial charge in [-0.15, -0.1) is 0 Å². The molecule has 2 heterocycles. The Balaban J connectivity index is 1.56. The van der Waals surface area contributed by atoms with E-state index in [0.29, 0.717) is 17.7 Å². The van der Waals surface area contributed by atoms with Crippen LogP contribution in [0.5, 0.6) is 0 Å². The number of fused-ring (bicyclic) bond motifs is 1. The molecule has 1 aromatic carbocycles. The van der Waals surface area contributed by atoms with Gasteiger partial charge < -0.3 is 9.64 Å². The van der Waals surface area contributed by atoms with E-state index in [1.54, 1.807) is 29.2 Å². The van der Waals surface area contributed by atoms with Crippen LogP contribution in [0, 0.1) is 0 Å². The average Bonchev–Trinajstić information content (AvgIpc) is 2.63. The molecule has 3 rings (SSSR count). The predicted molar refractivity (Wildman–Crippen MR) is 92.2 cm³/mol. The smallest absolute Gasteiger partial charge is 0.326 e. The lowest BCUT2D eigenvalue weighted by Crippen LogP contribution is -2.47. The van der Waals surface area contributed by atoms with Crippen LogP contribution in [-0.4, -0.2) is 59.2 Å². The zero-order chi connectivity index (χ0) is 18.7. The van der Waals surface area contributed by atoms with Crippen LogP contribution in [0.3, 0.4) is 0 Å². The molecular formula is C19H22N2O5. The van der Waals surface area contributed by atoms with Crippen molar-refractivity contribution >= 4 is 23.7 Å². The summed E-state index contributed by atoms with van der Waals surface area (Å²) < 4.78 is 5.02. The van der Waals surface area contributed by atoms with Crippen LogP contribution >= 0.6 is 0 Å². The summed E-state index contributed by atoms with van der Waals surface area (Å²) in [7, 11) is 0. The fraction of sp³-hybridized carbons (Fsp3) is 0.474. The first-order valence-corrected chi connectivity index (χ1v) is 8.85. The molecule has 138 valence electrons. The number of carbonyl (C=O) groups excluding carboxylic acids is 4. The van der Waals surface area contributed by atoms with E-state index >= 15 is 0 Å². The normalized spacial score (nSPS) is 20.0. The summed E-state index contributed by atoms with van der Waals surface area (Å²) in [4.78, 5) is 51.4. The number of hydrogen-bond acceptors (Lipinski definition) is 5. The number of imide groups is 1. The Morgan fingerprint density at radius 3 is 2.73 bits per heavy atom. The highest BCUT2D eigenvalue weighted by Gasteiger charge is 2.32. The molecule has 0 unspecified atom stereocenters. The van der Waals surface area contributed by atoms with Crippen LogP contribution in [0.15, 0.2) is 24.3 Å². The van der Waals surface area contributed by atoms with Crippen LogP contribution in [-0.2, 0) is 25.5 Å². The monoisotopic (exact) mass is 358 g/mol. The summed E-state index contributed by atoms with van der Waals surface area (Å²) in [6.07, 6.45) is 3.04. The number of benzene rings is 1. The third-order valence-corrected chi connectivity index (χ3v) is 4.90. The SMILES string of the molecule is C[C@H]1CCCCN1C(=O)COC(=O)CN1C(=O)Cc2ccccc2C1=O. The molecule has 0 aromatic heterocycles. The summed E-state index contributed by atoms with van der Waals surface area (Å²) in [6, 6.07) is 6.96. The van der Waals surface area contributed by atoms with E-state index in [1.807, 2.05) is 6.92 Å². The fourth-order valence-electron chi connectivity index (χ4n) is 3.43. The molecule has 2 aliphatic rings. The van der Waals surface area contributed by atoms with Crippen molar-refractivity contribution in [2.75, 3.05) is 19.7 Å². The van der Waals surface area contributed by atoms with E-state index in [1.165, 1.54) is 0 Å².